The van der Waals surface area contributed by atoms with Gasteiger partial charge in [0.05, 0.1) is 18.0 Å². The number of sulfonamides is 1. The maximum atomic E-state index is 11.9. The molecule has 0 aromatic heterocycles. The highest BCUT2D eigenvalue weighted by molar-refractivity contribution is 7.92. The van der Waals surface area contributed by atoms with E-state index in [0.29, 0.717) is 18.0 Å². The van der Waals surface area contributed by atoms with Crippen molar-refractivity contribution in [3.05, 3.63) is 24.3 Å². The van der Waals surface area contributed by atoms with Gasteiger partial charge in [-0.2, -0.15) is 0 Å². The first kappa shape index (κ1) is 13.8. The number of ether oxygens (including phenoxy) is 1. The Morgan fingerprint density at radius 2 is 2.12 bits per heavy atom. The van der Waals surface area contributed by atoms with Crippen molar-refractivity contribution in [1.29, 1.82) is 0 Å². The van der Waals surface area contributed by atoms with Crippen LogP contribution in [0.3, 0.4) is 0 Å². The van der Waals surface area contributed by atoms with Crippen LogP contribution >= 0.6 is 0 Å². The van der Waals surface area contributed by atoms with Crippen LogP contribution in [0.1, 0.15) is 6.92 Å². The Balaban J connectivity index is 2.78. The van der Waals surface area contributed by atoms with Crippen molar-refractivity contribution in [2.45, 2.75) is 6.92 Å². The van der Waals surface area contributed by atoms with Crippen LogP contribution in [0.25, 0.3) is 0 Å². The van der Waals surface area contributed by atoms with Gasteiger partial charge in [-0.1, -0.05) is 6.07 Å². The summed E-state index contributed by atoms with van der Waals surface area (Å²) in [5.74, 6) is -0.0356. The van der Waals surface area contributed by atoms with Crippen molar-refractivity contribution in [2.24, 2.45) is 0 Å². The highest BCUT2D eigenvalue weighted by Gasteiger charge is 2.18. The van der Waals surface area contributed by atoms with Gasteiger partial charge in [0.2, 0.25) is 10.0 Å². The summed E-state index contributed by atoms with van der Waals surface area (Å²) in [7, 11) is -1.84. The fourth-order valence-electron chi connectivity index (χ4n) is 1.33. The normalized spacial score (nSPS) is 11.4. The number of anilines is 2. The fraction of sp³-hybridized carbons (Fsp3) is 0.455. The number of hydrogen-bond acceptors (Lipinski definition) is 4. The molecule has 1 rings (SSSR count). The van der Waals surface area contributed by atoms with Crippen LogP contribution in [-0.4, -0.2) is 34.4 Å². The second-order valence-electron chi connectivity index (χ2n) is 3.58. The lowest BCUT2D eigenvalue weighted by atomic mass is 10.3. The van der Waals surface area contributed by atoms with Gasteiger partial charge in [0.15, 0.2) is 0 Å². The van der Waals surface area contributed by atoms with E-state index >= 15 is 0 Å². The van der Waals surface area contributed by atoms with Gasteiger partial charge in [-0.25, -0.2) is 8.42 Å². The lowest BCUT2D eigenvalue weighted by Crippen LogP contribution is -2.30. The maximum absolute atomic E-state index is 11.9. The number of nitrogens with two attached hydrogens (primary N) is 1. The van der Waals surface area contributed by atoms with Crippen LogP contribution < -0.4 is 10.0 Å². The van der Waals surface area contributed by atoms with Gasteiger partial charge in [-0.3, -0.25) is 4.31 Å². The lowest BCUT2D eigenvalue weighted by molar-refractivity contribution is 0.163. The van der Waals surface area contributed by atoms with Gasteiger partial charge in [-0.15, -0.1) is 0 Å². The molecule has 0 aliphatic rings. The van der Waals surface area contributed by atoms with Crippen molar-refractivity contribution in [3.63, 3.8) is 0 Å². The van der Waals surface area contributed by atoms with Crippen molar-refractivity contribution >= 4 is 21.4 Å². The minimum Gasteiger partial charge on any atom is -0.399 e. The first-order chi connectivity index (χ1) is 7.97. The van der Waals surface area contributed by atoms with Gasteiger partial charge in [-0.05, 0) is 25.1 Å². The zero-order valence-electron chi connectivity index (χ0n) is 10.1. The molecule has 0 saturated heterocycles. The van der Waals surface area contributed by atoms with E-state index in [9.17, 15) is 8.42 Å². The molecular formula is C11H18N2O3S. The highest BCUT2D eigenvalue weighted by Crippen LogP contribution is 2.18. The van der Waals surface area contributed by atoms with Crippen molar-refractivity contribution in [1.82, 2.24) is 0 Å². The van der Waals surface area contributed by atoms with E-state index in [-0.39, 0.29) is 12.4 Å². The van der Waals surface area contributed by atoms with E-state index in [1.54, 1.807) is 24.3 Å². The Hall–Kier alpha value is -1.27. The molecule has 1 aromatic rings. The van der Waals surface area contributed by atoms with E-state index < -0.39 is 10.0 Å². The molecule has 0 amide bonds. The third-order valence-electron chi connectivity index (χ3n) is 2.34. The monoisotopic (exact) mass is 258 g/mol. The minimum atomic E-state index is -3.35. The number of benzene rings is 1. The molecule has 1 aromatic carbocycles. The Morgan fingerprint density at radius 3 is 2.71 bits per heavy atom. The maximum Gasteiger partial charge on any atom is 0.237 e. The van der Waals surface area contributed by atoms with Gasteiger partial charge in [0.25, 0.3) is 0 Å². The quantitative estimate of drug-likeness (QED) is 0.612. The van der Waals surface area contributed by atoms with Gasteiger partial charge in [0, 0.05) is 19.3 Å². The number of rotatable bonds is 6. The molecule has 0 saturated carbocycles. The molecule has 5 nitrogen and oxygen atoms in total. The first-order valence-corrected chi connectivity index (χ1v) is 6.98. The van der Waals surface area contributed by atoms with Gasteiger partial charge in [0.1, 0.15) is 0 Å². The second-order valence-corrected chi connectivity index (χ2v) is 5.70. The topological polar surface area (TPSA) is 72.6 Å². The van der Waals surface area contributed by atoms with Crippen molar-refractivity contribution in [2.75, 3.05) is 36.1 Å². The summed E-state index contributed by atoms with van der Waals surface area (Å²) in [5, 5.41) is 0. The third-order valence-corrected chi connectivity index (χ3v) is 4.07. The Bertz CT molecular complexity index is 460. The Morgan fingerprint density at radius 1 is 1.41 bits per heavy atom. The predicted molar refractivity (Wildman–Crippen MR) is 69.5 cm³/mol. The van der Waals surface area contributed by atoms with Gasteiger partial charge >= 0.3 is 0 Å². The van der Waals surface area contributed by atoms with Crippen LogP contribution in [0, 0.1) is 0 Å². The molecule has 0 aliphatic carbocycles. The third kappa shape index (κ3) is 3.90. The largest absolute Gasteiger partial charge is 0.399 e. The van der Waals surface area contributed by atoms with E-state index in [4.69, 9.17) is 10.5 Å². The zero-order valence-corrected chi connectivity index (χ0v) is 10.9. The number of hydrogen-bond donors (Lipinski definition) is 1. The van der Waals surface area contributed by atoms with E-state index in [2.05, 4.69) is 0 Å². The van der Waals surface area contributed by atoms with E-state index in [0.717, 1.165) is 0 Å². The van der Waals surface area contributed by atoms with Crippen LogP contribution in [0.2, 0.25) is 0 Å². The van der Waals surface area contributed by atoms with Crippen molar-refractivity contribution < 1.29 is 13.2 Å². The highest BCUT2D eigenvalue weighted by atomic mass is 32.2. The van der Waals surface area contributed by atoms with Crippen LogP contribution in [-0.2, 0) is 14.8 Å². The molecule has 2 N–H and O–H groups in total. The Kier molecular flexibility index (Phi) is 4.77. The molecule has 0 atom stereocenters. The molecule has 0 radical (unpaired) electrons. The van der Waals surface area contributed by atoms with E-state index in [1.165, 1.54) is 11.4 Å². The zero-order chi connectivity index (χ0) is 12.9. The molecule has 6 heteroatoms. The van der Waals surface area contributed by atoms with E-state index in [1.807, 2.05) is 6.92 Å². The minimum absolute atomic E-state index is 0.0356. The summed E-state index contributed by atoms with van der Waals surface area (Å²) < 4.78 is 30.1. The molecule has 0 aliphatic heterocycles. The SMILES string of the molecule is CCOCCS(=O)(=O)N(C)c1cccc(N)c1. The molecule has 0 bridgehead atoms. The van der Waals surface area contributed by atoms with Crippen LogP contribution in [0.4, 0.5) is 11.4 Å². The smallest absolute Gasteiger partial charge is 0.237 e. The number of nitrogens with zero attached hydrogens (tertiary/aromatic N) is 1. The molecule has 0 spiro atoms. The van der Waals surface area contributed by atoms with Crippen LogP contribution in [0.15, 0.2) is 24.3 Å². The molecular weight excluding hydrogens is 240 g/mol. The lowest BCUT2D eigenvalue weighted by Gasteiger charge is -2.19. The summed E-state index contributed by atoms with van der Waals surface area (Å²) in [6, 6.07) is 6.76. The fourth-order valence-corrected chi connectivity index (χ4v) is 2.36. The van der Waals surface area contributed by atoms with Crippen LogP contribution in [0.5, 0.6) is 0 Å². The van der Waals surface area contributed by atoms with Crippen molar-refractivity contribution in [3.8, 4) is 0 Å². The summed E-state index contributed by atoms with van der Waals surface area (Å²) in [6.07, 6.45) is 0. The predicted octanol–water partition coefficient (Wildman–Crippen LogP) is 1.07. The molecule has 0 unspecified atom stereocenters. The second kappa shape index (κ2) is 5.88. The first-order valence-electron chi connectivity index (χ1n) is 5.37. The molecule has 96 valence electrons. The standard InChI is InChI=1S/C11H18N2O3S/c1-3-16-7-8-17(14,15)13(2)11-6-4-5-10(12)9-11/h4-6,9H,3,7-8,12H2,1-2H3. The number of nitrogen functional groups attached to an aromatic ring is 1. The molecule has 0 fully saturated rings. The van der Waals surface area contributed by atoms with Gasteiger partial charge < -0.3 is 10.5 Å². The average Bonchev–Trinajstić information content (AvgIpc) is 2.28. The summed E-state index contributed by atoms with van der Waals surface area (Å²) >= 11 is 0. The Labute approximate surface area is 102 Å². The summed E-state index contributed by atoms with van der Waals surface area (Å²) in [4.78, 5) is 0. The average molecular weight is 258 g/mol. The summed E-state index contributed by atoms with van der Waals surface area (Å²) in [6.45, 7) is 2.54. The summed E-state index contributed by atoms with van der Waals surface area (Å²) in [5.41, 5.74) is 6.71. The molecule has 17 heavy (non-hydrogen) atoms. The molecule has 0 heterocycles.